The van der Waals surface area contributed by atoms with E-state index in [2.05, 4.69) is 37.7 Å². The number of aliphatic carboxylic acids is 2. The number of H-pyrrole nitrogens is 2. The van der Waals surface area contributed by atoms with E-state index in [0.717, 1.165) is 134 Å². The molecule has 0 radical (unpaired) electrons. The van der Waals surface area contributed by atoms with Crippen LogP contribution in [0.2, 0.25) is 0 Å². The minimum absolute atomic E-state index is 0.130. The van der Waals surface area contributed by atoms with Crippen LogP contribution in [0.1, 0.15) is 207 Å². The first-order valence-corrected chi connectivity index (χ1v) is 27.6. The number of nitrogens with two attached hydrogens (primary N) is 2. The van der Waals surface area contributed by atoms with Crippen molar-refractivity contribution in [3.8, 4) is 0 Å². The number of carbonyl (C=O) groups is 8. The number of unbranched alkanes of at least 4 members (excludes halogenated alkanes) is 16. The van der Waals surface area contributed by atoms with Crippen LogP contribution in [-0.2, 0) is 66.8 Å². The van der Waals surface area contributed by atoms with Crippen molar-refractivity contribution in [2.75, 3.05) is 37.9 Å². The molecule has 0 bridgehead atoms. The van der Waals surface area contributed by atoms with E-state index in [1.165, 1.54) is 0 Å². The molecule has 1 atom stereocenters. The first-order valence-electron chi connectivity index (χ1n) is 27.6. The maximum Gasteiger partial charge on any atom is 0.346 e. The topological polar surface area (TPSA) is 379 Å². The molecule has 0 saturated carbocycles. The molecule has 0 saturated heterocycles. The quantitative estimate of drug-likeness (QED) is 0.0198. The van der Waals surface area contributed by atoms with Gasteiger partial charge in [0.2, 0.25) is 6.29 Å². The Morgan fingerprint density at radius 2 is 0.875 bits per heavy atom. The lowest BCUT2D eigenvalue weighted by Gasteiger charge is -2.18. The van der Waals surface area contributed by atoms with E-state index in [4.69, 9.17) is 45.0 Å². The van der Waals surface area contributed by atoms with E-state index in [9.17, 15) is 61.8 Å². The van der Waals surface area contributed by atoms with Crippen LogP contribution in [0.5, 0.6) is 0 Å². The van der Waals surface area contributed by atoms with Gasteiger partial charge < -0.3 is 54.9 Å². The summed E-state index contributed by atoms with van der Waals surface area (Å²) in [6.07, 6.45) is 19.0. The second-order valence-electron chi connectivity index (χ2n) is 18.3. The van der Waals surface area contributed by atoms with Gasteiger partial charge in [-0.1, -0.05) is 130 Å². The van der Waals surface area contributed by atoms with E-state index in [1.54, 1.807) is 0 Å². The van der Waals surface area contributed by atoms with Crippen molar-refractivity contribution >= 4 is 59.2 Å². The van der Waals surface area contributed by atoms with Crippen molar-refractivity contribution in [3.05, 3.63) is 45.0 Å². The number of nitrogens with one attached hydrogen (secondary N) is 2. The zero-order valence-corrected chi connectivity index (χ0v) is 47.1. The van der Waals surface area contributed by atoms with E-state index in [-0.39, 0.29) is 82.4 Å². The number of anilines is 2. The number of carboxylic acids is 2. The molecule has 456 valence electrons. The number of aromatic amines is 2. The summed E-state index contributed by atoms with van der Waals surface area (Å²) in [4.78, 5) is 123. The third-order valence-electron chi connectivity index (χ3n) is 10.9. The van der Waals surface area contributed by atoms with Crippen molar-refractivity contribution < 1.29 is 85.8 Å². The molecule has 1 unspecified atom stereocenters. The number of carboxylic acid groups (broad SMARTS) is 2. The summed E-state index contributed by atoms with van der Waals surface area (Å²) in [7, 11) is 0. The first kappa shape index (κ1) is 75.2. The van der Waals surface area contributed by atoms with Gasteiger partial charge in [-0.2, -0.15) is 9.97 Å². The summed E-state index contributed by atoms with van der Waals surface area (Å²) >= 11 is 0. The lowest BCUT2D eigenvalue weighted by Crippen LogP contribution is -2.31. The van der Waals surface area contributed by atoms with Crippen LogP contribution in [-0.4, -0.2) is 111 Å². The van der Waals surface area contributed by atoms with E-state index in [1.807, 2.05) is 9.97 Å². The van der Waals surface area contributed by atoms with Crippen molar-refractivity contribution in [2.24, 2.45) is 0 Å². The van der Waals surface area contributed by atoms with Gasteiger partial charge in [-0.3, -0.25) is 43.5 Å². The summed E-state index contributed by atoms with van der Waals surface area (Å²) in [5.74, 6) is -7.40. The number of ketones is 1. The van der Waals surface area contributed by atoms with Gasteiger partial charge in [-0.15, -0.1) is 0 Å². The van der Waals surface area contributed by atoms with Crippen molar-refractivity contribution in [3.63, 3.8) is 0 Å². The highest BCUT2D eigenvalue weighted by molar-refractivity contribution is 5.80. The summed E-state index contributed by atoms with van der Waals surface area (Å²) in [5.41, 5.74) is 8.61. The molecule has 2 aromatic rings. The first-order chi connectivity index (χ1) is 38.2. The number of ether oxygens (including phenoxy) is 6. The third kappa shape index (κ3) is 48.3. The normalized spacial score (nSPS) is 10.8. The number of halogens is 2. The number of hydrogen-bond donors (Lipinski definition) is 5. The largest absolute Gasteiger partial charge is 0.550 e. The third-order valence-corrected chi connectivity index (χ3v) is 10.9. The fourth-order valence-corrected chi connectivity index (χ4v) is 6.43. The SMILES string of the molecule is CCCCCCCC(=O)COC(COC(=O)CCCCCCC)OC(=O)CCC(=O)[O-].CCCCCCCC(=O)OCC(COC(=O)CCCCCCC)OC(=O)CCC(=O)O.Nc1[nH]c(=O)ncc1F.Nc1[nH]c(=O)ncc1F. The van der Waals surface area contributed by atoms with Gasteiger partial charge >= 0.3 is 47.2 Å². The van der Waals surface area contributed by atoms with Crippen LogP contribution >= 0.6 is 0 Å². The van der Waals surface area contributed by atoms with Crippen LogP contribution in [0.3, 0.4) is 0 Å². The molecule has 0 aliphatic rings. The number of rotatable bonds is 41. The molecule has 0 spiro atoms. The minimum atomic E-state index is -1.37. The van der Waals surface area contributed by atoms with E-state index in [0.29, 0.717) is 12.8 Å². The number of esters is 5. The van der Waals surface area contributed by atoms with Gasteiger partial charge in [0.15, 0.2) is 30.1 Å². The number of nitrogens with zero attached hydrogens (tertiary/aromatic N) is 2. The Kier molecular flexibility index (Phi) is 47.4. The minimum Gasteiger partial charge on any atom is -0.550 e. The van der Waals surface area contributed by atoms with Gasteiger partial charge in [-0.25, -0.2) is 18.4 Å². The predicted octanol–water partition coefficient (Wildman–Crippen LogP) is 6.79. The fraction of sp³-hybridized carbons (Fsp3) is 0.704. The average Bonchev–Trinajstić information content (AvgIpc) is 3.41. The average molecular weight is 1150 g/mol. The Morgan fingerprint density at radius 1 is 0.512 bits per heavy atom. The standard InChI is InChI=1S/2C23H40O8.2C4H4FN3O/c1-3-5-7-9-11-13-21(26)29-17-19(31-23(28)16-15-20(24)25)18-30-22(27)14-12-10-8-6-4-2;1-3-5-7-9-11-13-19(24)17-30-23(31-22(28)16-15-20(25)26)18-29-21(27)14-12-10-8-6-4-2;2*5-2-1-7-4(9)8-3(2)6/h19H,3-18H2,1-2H3,(H,24,25);23H,3-18H2,1-2H3,(H,25,26);2*1H,(H3,6,7,8,9)/p-1. The van der Waals surface area contributed by atoms with Crippen molar-refractivity contribution in [1.29, 1.82) is 0 Å². The highest BCUT2D eigenvalue weighted by atomic mass is 19.1. The molecule has 0 aromatic carbocycles. The van der Waals surface area contributed by atoms with Crippen LogP contribution < -0.4 is 28.0 Å². The van der Waals surface area contributed by atoms with Gasteiger partial charge in [0.05, 0.1) is 31.7 Å². The second-order valence-corrected chi connectivity index (χ2v) is 18.3. The van der Waals surface area contributed by atoms with E-state index >= 15 is 0 Å². The van der Waals surface area contributed by atoms with Crippen LogP contribution in [0, 0.1) is 11.6 Å². The van der Waals surface area contributed by atoms with Crippen LogP contribution in [0.4, 0.5) is 20.4 Å². The molecule has 0 aliphatic carbocycles. The fourth-order valence-electron chi connectivity index (χ4n) is 6.43. The Labute approximate surface area is 466 Å². The molecule has 2 rings (SSSR count). The number of hydrogen-bond acceptors (Lipinski definition) is 21. The zero-order chi connectivity index (χ0) is 60.4. The zero-order valence-electron chi connectivity index (χ0n) is 47.1. The Hall–Kier alpha value is -6.86. The summed E-state index contributed by atoms with van der Waals surface area (Å²) in [5, 5.41) is 19.2. The van der Waals surface area contributed by atoms with Gasteiger partial charge in [0.1, 0.15) is 31.5 Å². The molecule has 80 heavy (non-hydrogen) atoms. The molecule has 0 amide bonds. The second kappa shape index (κ2) is 50.4. The van der Waals surface area contributed by atoms with Crippen molar-refractivity contribution in [1.82, 2.24) is 19.9 Å². The predicted molar refractivity (Wildman–Crippen MR) is 287 cm³/mol. The van der Waals surface area contributed by atoms with Crippen LogP contribution in [0.25, 0.3) is 0 Å². The molecule has 24 nitrogen and oxygen atoms in total. The summed E-state index contributed by atoms with van der Waals surface area (Å²) < 4.78 is 55.3. The van der Waals surface area contributed by atoms with Crippen LogP contribution in [0.15, 0.2) is 22.0 Å². The monoisotopic (exact) mass is 1150 g/mol. The lowest BCUT2D eigenvalue weighted by molar-refractivity contribution is -0.306. The van der Waals surface area contributed by atoms with Gasteiger partial charge in [-0.05, 0) is 32.1 Å². The maximum absolute atomic E-state index is 12.1. The number of carbonyl (C=O) groups excluding carboxylic acids is 7. The highest BCUT2D eigenvalue weighted by Gasteiger charge is 2.21. The molecule has 0 aliphatic heterocycles. The molecule has 2 aromatic heterocycles. The molecule has 2 heterocycles. The Bertz CT molecular complexity index is 1970. The number of nitrogen functional groups attached to an aromatic ring is 2. The van der Waals surface area contributed by atoms with Gasteiger partial charge in [0, 0.05) is 31.7 Å². The maximum atomic E-state index is 12.1. The summed E-state index contributed by atoms with van der Waals surface area (Å²) in [6, 6.07) is 0. The Morgan fingerprint density at radius 3 is 1.24 bits per heavy atom. The molecular weight excluding hydrogens is 1060 g/mol. The summed E-state index contributed by atoms with van der Waals surface area (Å²) in [6.45, 7) is 7.41. The van der Waals surface area contributed by atoms with E-state index < -0.39 is 83.6 Å². The number of aromatic nitrogens is 4. The number of Topliss-reactive ketones (excluding diaryl/α,β-unsaturated/α-hetero) is 1. The molecule has 26 heteroatoms. The smallest absolute Gasteiger partial charge is 0.346 e. The molecule has 0 fully saturated rings. The molecular formula is C54H87F2N6O18-. The van der Waals surface area contributed by atoms with Gasteiger partial charge in [0.25, 0.3) is 0 Å². The molecule has 7 N–H and O–H groups in total. The van der Waals surface area contributed by atoms with Crippen molar-refractivity contribution in [2.45, 2.75) is 220 Å². The highest BCUT2D eigenvalue weighted by Crippen LogP contribution is 2.12. The Balaban J connectivity index is 0. The lowest BCUT2D eigenvalue weighted by atomic mass is 10.1.